The van der Waals surface area contributed by atoms with Crippen LogP contribution in [0.25, 0.3) is 0 Å². The summed E-state index contributed by atoms with van der Waals surface area (Å²) >= 11 is 9.66. The minimum atomic E-state index is -0.0493. The summed E-state index contributed by atoms with van der Waals surface area (Å²) in [6, 6.07) is 0. The molecule has 0 N–H and O–H groups in total. The summed E-state index contributed by atoms with van der Waals surface area (Å²) in [5, 5.41) is 0.504. The Morgan fingerprint density at radius 2 is 2.11 bits per heavy atom. The minimum absolute atomic E-state index is 0.0493. The van der Waals surface area contributed by atoms with Crippen LogP contribution in [0.5, 0.6) is 0 Å². The Bertz CT molecular complexity index is 439. The van der Waals surface area contributed by atoms with E-state index in [0.29, 0.717) is 11.1 Å². The van der Waals surface area contributed by atoms with Gasteiger partial charge >= 0.3 is 0 Å². The van der Waals surface area contributed by atoms with Gasteiger partial charge in [-0.1, -0.05) is 32.4 Å². The molecule has 1 aromatic rings. The quantitative estimate of drug-likeness (QED) is 0.773. The lowest BCUT2D eigenvalue weighted by molar-refractivity contribution is 0.185. The van der Waals surface area contributed by atoms with Crippen molar-refractivity contribution in [2.45, 2.75) is 39.0 Å². The van der Waals surface area contributed by atoms with Crippen LogP contribution in [0, 0.1) is 5.92 Å². The first-order chi connectivity index (χ1) is 8.38. The predicted octanol–water partition coefficient (Wildman–Crippen LogP) is 3.77. The first-order valence-corrected chi connectivity index (χ1v) is 7.35. The van der Waals surface area contributed by atoms with Gasteiger partial charge in [-0.05, 0) is 28.3 Å². The van der Waals surface area contributed by atoms with Crippen molar-refractivity contribution in [3.05, 3.63) is 21.1 Å². The molecule has 0 amide bonds. The maximum absolute atomic E-state index is 6.18. The van der Waals surface area contributed by atoms with Crippen molar-refractivity contribution in [2.24, 2.45) is 5.92 Å². The molecule has 5 heteroatoms. The smallest absolute Gasteiger partial charge is 0.147 e. The van der Waals surface area contributed by atoms with Crippen LogP contribution in [-0.2, 0) is 16.6 Å². The van der Waals surface area contributed by atoms with Crippen LogP contribution in [0.2, 0.25) is 5.15 Å². The molecule has 1 unspecified atom stereocenters. The van der Waals surface area contributed by atoms with E-state index in [1.165, 1.54) is 0 Å². The van der Waals surface area contributed by atoms with Gasteiger partial charge in [-0.25, -0.2) is 9.97 Å². The zero-order valence-corrected chi connectivity index (χ0v) is 13.3. The van der Waals surface area contributed by atoms with Crippen LogP contribution in [0.3, 0.4) is 0 Å². The molecular formula is C13H18BrClN2O. The zero-order chi connectivity index (χ0) is 13.3. The largest absolute Gasteiger partial charge is 0.381 e. The van der Waals surface area contributed by atoms with Crippen molar-refractivity contribution < 1.29 is 4.74 Å². The van der Waals surface area contributed by atoms with Crippen molar-refractivity contribution in [2.75, 3.05) is 13.2 Å². The molecule has 18 heavy (non-hydrogen) atoms. The summed E-state index contributed by atoms with van der Waals surface area (Å²) in [7, 11) is 0. The molecule has 1 atom stereocenters. The van der Waals surface area contributed by atoms with Gasteiger partial charge in [0.1, 0.15) is 11.0 Å². The van der Waals surface area contributed by atoms with Crippen molar-refractivity contribution >= 4 is 27.5 Å². The van der Waals surface area contributed by atoms with Gasteiger partial charge in [0.25, 0.3) is 0 Å². The minimum Gasteiger partial charge on any atom is -0.381 e. The van der Waals surface area contributed by atoms with Crippen LogP contribution in [0.15, 0.2) is 4.47 Å². The van der Waals surface area contributed by atoms with Gasteiger partial charge < -0.3 is 4.74 Å². The van der Waals surface area contributed by atoms with Crippen LogP contribution >= 0.6 is 27.5 Å². The third-order valence-electron chi connectivity index (χ3n) is 3.06. The van der Waals surface area contributed by atoms with E-state index in [2.05, 4.69) is 46.7 Å². The topological polar surface area (TPSA) is 35.0 Å². The monoisotopic (exact) mass is 332 g/mol. The van der Waals surface area contributed by atoms with Gasteiger partial charge in [-0.15, -0.1) is 0 Å². The first kappa shape index (κ1) is 14.2. The molecule has 0 radical (unpaired) electrons. The number of rotatable bonds is 2. The molecule has 1 aromatic heterocycles. The van der Waals surface area contributed by atoms with E-state index >= 15 is 0 Å². The zero-order valence-electron chi connectivity index (χ0n) is 11.0. The molecule has 1 aliphatic heterocycles. The van der Waals surface area contributed by atoms with E-state index in [4.69, 9.17) is 16.3 Å². The van der Waals surface area contributed by atoms with E-state index in [-0.39, 0.29) is 5.41 Å². The Morgan fingerprint density at radius 1 is 1.39 bits per heavy atom. The Hall–Kier alpha value is -0.190. The summed E-state index contributed by atoms with van der Waals surface area (Å²) in [6.45, 7) is 8.03. The molecule has 1 saturated heterocycles. The summed E-state index contributed by atoms with van der Waals surface area (Å²) in [6.07, 6.45) is 1.93. The number of ether oxygens (including phenoxy) is 1. The van der Waals surface area contributed by atoms with Gasteiger partial charge in [-0.3, -0.25) is 0 Å². The van der Waals surface area contributed by atoms with Gasteiger partial charge in [0.05, 0.1) is 10.2 Å². The standard InChI is InChI=1S/C13H18BrClN2O/c1-13(2,3)11-10(14)12(15)17-9(16-11)6-8-4-5-18-7-8/h8H,4-7H2,1-3H3. The number of nitrogens with zero attached hydrogens (tertiary/aromatic N) is 2. The van der Waals surface area contributed by atoms with E-state index < -0.39 is 0 Å². The number of hydrogen-bond donors (Lipinski definition) is 0. The third kappa shape index (κ3) is 3.22. The Balaban J connectivity index is 2.28. The van der Waals surface area contributed by atoms with Crippen molar-refractivity contribution in [1.29, 1.82) is 0 Å². The fourth-order valence-electron chi connectivity index (χ4n) is 2.05. The predicted molar refractivity (Wildman–Crippen MR) is 76.1 cm³/mol. The normalized spacial score (nSPS) is 20.4. The second kappa shape index (κ2) is 5.43. The highest BCUT2D eigenvalue weighted by Crippen LogP contribution is 2.32. The Kier molecular flexibility index (Phi) is 4.29. The fraction of sp³-hybridized carbons (Fsp3) is 0.692. The molecule has 0 spiro atoms. The van der Waals surface area contributed by atoms with E-state index in [9.17, 15) is 0 Å². The Morgan fingerprint density at radius 3 is 2.67 bits per heavy atom. The lowest BCUT2D eigenvalue weighted by atomic mass is 9.92. The highest BCUT2D eigenvalue weighted by molar-refractivity contribution is 9.10. The average molecular weight is 334 g/mol. The number of aromatic nitrogens is 2. The van der Waals surface area contributed by atoms with Gasteiger partial charge in [0.2, 0.25) is 0 Å². The number of hydrogen-bond acceptors (Lipinski definition) is 3. The van der Waals surface area contributed by atoms with Crippen LogP contribution in [0.1, 0.15) is 38.7 Å². The maximum Gasteiger partial charge on any atom is 0.147 e. The van der Waals surface area contributed by atoms with Gasteiger partial charge in [0.15, 0.2) is 0 Å². The number of halogens is 2. The highest BCUT2D eigenvalue weighted by Gasteiger charge is 2.24. The average Bonchev–Trinajstić information content (AvgIpc) is 2.74. The first-order valence-electron chi connectivity index (χ1n) is 6.18. The second-order valence-corrected chi connectivity index (χ2v) is 6.93. The van der Waals surface area contributed by atoms with Gasteiger partial charge in [-0.2, -0.15) is 0 Å². The lowest BCUT2D eigenvalue weighted by Gasteiger charge is -2.21. The van der Waals surface area contributed by atoms with E-state index in [1.54, 1.807) is 0 Å². The molecule has 1 fully saturated rings. The molecule has 0 saturated carbocycles. The van der Waals surface area contributed by atoms with Crippen molar-refractivity contribution in [3.63, 3.8) is 0 Å². The molecule has 0 aliphatic carbocycles. The highest BCUT2D eigenvalue weighted by atomic mass is 79.9. The third-order valence-corrected chi connectivity index (χ3v) is 4.32. The van der Waals surface area contributed by atoms with E-state index in [0.717, 1.165) is 42.0 Å². The maximum atomic E-state index is 6.18. The molecule has 2 rings (SSSR count). The molecule has 1 aliphatic rings. The molecule has 0 aromatic carbocycles. The van der Waals surface area contributed by atoms with Crippen molar-refractivity contribution in [3.8, 4) is 0 Å². The molecule has 0 bridgehead atoms. The summed E-state index contributed by atoms with van der Waals surface area (Å²) in [5.74, 6) is 1.35. The molecule has 3 nitrogen and oxygen atoms in total. The molecule has 2 heterocycles. The lowest BCUT2D eigenvalue weighted by Crippen LogP contribution is -2.18. The summed E-state index contributed by atoms with van der Waals surface area (Å²) < 4.78 is 6.19. The van der Waals surface area contributed by atoms with Gasteiger partial charge in [0, 0.05) is 25.0 Å². The summed E-state index contributed by atoms with van der Waals surface area (Å²) in [5.41, 5.74) is 0.920. The molecular weight excluding hydrogens is 316 g/mol. The van der Waals surface area contributed by atoms with Crippen molar-refractivity contribution in [1.82, 2.24) is 9.97 Å². The fourth-order valence-corrected chi connectivity index (χ4v) is 3.01. The van der Waals surface area contributed by atoms with Crippen LogP contribution in [0.4, 0.5) is 0 Å². The molecule has 100 valence electrons. The van der Waals surface area contributed by atoms with E-state index in [1.807, 2.05) is 0 Å². The summed E-state index contributed by atoms with van der Waals surface area (Å²) in [4.78, 5) is 9.03. The SMILES string of the molecule is CC(C)(C)c1nc(CC2CCOC2)nc(Cl)c1Br. The second-order valence-electron chi connectivity index (χ2n) is 5.78. The van der Waals surface area contributed by atoms with Crippen LogP contribution in [-0.4, -0.2) is 23.2 Å². The Labute approximate surface area is 121 Å². The van der Waals surface area contributed by atoms with Crippen LogP contribution < -0.4 is 0 Å².